The van der Waals surface area contributed by atoms with E-state index in [4.69, 9.17) is 0 Å². The van der Waals surface area contributed by atoms with E-state index in [0.29, 0.717) is 12.1 Å². The van der Waals surface area contributed by atoms with Crippen molar-refractivity contribution in [1.29, 1.82) is 0 Å². The third kappa shape index (κ3) is 3.27. The van der Waals surface area contributed by atoms with Crippen molar-refractivity contribution in [3.05, 3.63) is 83.6 Å². The zero-order valence-corrected chi connectivity index (χ0v) is 14.2. The zero-order chi connectivity index (χ0) is 17.1. The molecule has 0 saturated heterocycles. The Morgan fingerprint density at radius 2 is 1.92 bits per heavy atom. The van der Waals surface area contributed by atoms with Gasteiger partial charge in [-0.1, -0.05) is 36.4 Å². The maximum atomic E-state index is 12.6. The van der Waals surface area contributed by atoms with Gasteiger partial charge >= 0.3 is 0 Å². The van der Waals surface area contributed by atoms with E-state index < -0.39 is 0 Å². The highest BCUT2D eigenvalue weighted by molar-refractivity contribution is 7.13. The lowest BCUT2D eigenvalue weighted by atomic mass is 10.0. The summed E-state index contributed by atoms with van der Waals surface area (Å²) in [5.74, 6) is -0.0901. The van der Waals surface area contributed by atoms with Gasteiger partial charge in [-0.05, 0) is 29.0 Å². The van der Waals surface area contributed by atoms with Crippen LogP contribution in [0.25, 0.3) is 21.3 Å². The average molecular weight is 345 g/mol. The van der Waals surface area contributed by atoms with Gasteiger partial charge in [0.1, 0.15) is 5.01 Å². The summed E-state index contributed by atoms with van der Waals surface area (Å²) in [6, 6.07) is 17.5. The van der Waals surface area contributed by atoms with E-state index >= 15 is 0 Å². The van der Waals surface area contributed by atoms with Gasteiger partial charge in [-0.15, -0.1) is 11.3 Å². The first-order valence-corrected chi connectivity index (χ1v) is 8.80. The van der Waals surface area contributed by atoms with Gasteiger partial charge in [0.15, 0.2) is 0 Å². The molecule has 2 aromatic heterocycles. The van der Waals surface area contributed by atoms with Crippen molar-refractivity contribution in [3.63, 3.8) is 0 Å². The number of aromatic nitrogens is 2. The van der Waals surface area contributed by atoms with E-state index in [0.717, 1.165) is 27.0 Å². The molecule has 0 aliphatic carbocycles. The van der Waals surface area contributed by atoms with Gasteiger partial charge in [-0.25, -0.2) is 4.98 Å². The Morgan fingerprint density at radius 3 is 2.80 bits per heavy atom. The number of hydrogen-bond donors (Lipinski definition) is 1. The predicted molar refractivity (Wildman–Crippen MR) is 100 cm³/mol. The van der Waals surface area contributed by atoms with Crippen LogP contribution in [-0.4, -0.2) is 15.9 Å². The smallest absolute Gasteiger partial charge is 0.252 e. The summed E-state index contributed by atoms with van der Waals surface area (Å²) in [6.07, 6.45) is 3.53. The number of hydrogen-bond acceptors (Lipinski definition) is 4. The van der Waals surface area contributed by atoms with Crippen molar-refractivity contribution < 1.29 is 4.79 Å². The minimum Gasteiger partial charge on any atom is -0.346 e. The van der Waals surface area contributed by atoms with Crippen LogP contribution in [0, 0.1) is 0 Å². The van der Waals surface area contributed by atoms with Gasteiger partial charge in [-0.2, -0.15) is 0 Å². The molecule has 0 radical (unpaired) electrons. The molecule has 0 saturated carbocycles. The first-order chi connectivity index (χ1) is 12.3. The summed E-state index contributed by atoms with van der Waals surface area (Å²) >= 11 is 1.55. The van der Waals surface area contributed by atoms with Crippen molar-refractivity contribution >= 4 is 28.0 Å². The Bertz CT molecular complexity index is 1020. The van der Waals surface area contributed by atoms with Crippen LogP contribution in [0.1, 0.15) is 16.1 Å². The molecule has 0 aliphatic heterocycles. The SMILES string of the molecule is O=C(NCc1csc(-c2cccnc2)n1)c1cccc2ccccc12. The molecule has 0 atom stereocenters. The summed E-state index contributed by atoms with van der Waals surface area (Å²) in [5.41, 5.74) is 2.51. The first kappa shape index (κ1) is 15.5. The topological polar surface area (TPSA) is 54.9 Å². The van der Waals surface area contributed by atoms with Gasteiger partial charge in [-0.3, -0.25) is 9.78 Å². The Morgan fingerprint density at radius 1 is 1.04 bits per heavy atom. The Balaban J connectivity index is 1.50. The lowest BCUT2D eigenvalue weighted by Crippen LogP contribution is -2.23. The van der Waals surface area contributed by atoms with Crippen LogP contribution >= 0.6 is 11.3 Å². The molecule has 4 aromatic rings. The Kier molecular flexibility index (Phi) is 4.23. The van der Waals surface area contributed by atoms with Crippen molar-refractivity contribution in [2.24, 2.45) is 0 Å². The maximum absolute atomic E-state index is 12.6. The number of benzene rings is 2. The molecule has 0 spiro atoms. The summed E-state index contributed by atoms with van der Waals surface area (Å²) in [6.45, 7) is 0.402. The van der Waals surface area contributed by atoms with Crippen LogP contribution in [0.4, 0.5) is 0 Å². The van der Waals surface area contributed by atoms with Crippen LogP contribution in [0.5, 0.6) is 0 Å². The van der Waals surface area contributed by atoms with Crippen LogP contribution in [0.3, 0.4) is 0 Å². The molecule has 4 nitrogen and oxygen atoms in total. The minimum absolute atomic E-state index is 0.0901. The van der Waals surface area contributed by atoms with Gasteiger partial charge in [0.2, 0.25) is 0 Å². The molecule has 122 valence electrons. The lowest BCUT2D eigenvalue weighted by Gasteiger charge is -2.07. The molecule has 0 unspecified atom stereocenters. The summed E-state index contributed by atoms with van der Waals surface area (Å²) in [7, 11) is 0. The highest BCUT2D eigenvalue weighted by atomic mass is 32.1. The number of carbonyl (C=O) groups excluding carboxylic acids is 1. The summed E-state index contributed by atoms with van der Waals surface area (Å²) < 4.78 is 0. The van der Waals surface area contributed by atoms with E-state index in [1.165, 1.54) is 0 Å². The number of pyridine rings is 1. The van der Waals surface area contributed by atoms with Gasteiger partial charge in [0, 0.05) is 28.9 Å². The molecule has 25 heavy (non-hydrogen) atoms. The van der Waals surface area contributed by atoms with Crippen molar-refractivity contribution in [3.8, 4) is 10.6 Å². The fraction of sp³-hybridized carbons (Fsp3) is 0.0500. The third-order valence-corrected chi connectivity index (χ3v) is 4.86. The average Bonchev–Trinajstić information content (AvgIpc) is 3.15. The molecule has 0 fully saturated rings. The Labute approximate surface area is 149 Å². The van der Waals surface area contributed by atoms with E-state index in [-0.39, 0.29) is 5.91 Å². The standard InChI is InChI=1S/C20H15N3OS/c24-19(18-9-3-6-14-5-1-2-8-17(14)18)22-12-16-13-25-20(23-16)15-7-4-10-21-11-15/h1-11,13H,12H2,(H,22,24). The predicted octanol–water partition coefficient (Wildman–Crippen LogP) is 4.29. The number of thiazole rings is 1. The number of amides is 1. The monoisotopic (exact) mass is 345 g/mol. The number of carbonyl (C=O) groups is 1. The molecular formula is C20H15N3OS. The van der Waals surface area contributed by atoms with Crippen LogP contribution in [0.2, 0.25) is 0 Å². The lowest BCUT2D eigenvalue weighted by molar-refractivity contribution is 0.0952. The second-order valence-corrected chi connectivity index (χ2v) is 6.45. The van der Waals surface area contributed by atoms with Crippen LogP contribution < -0.4 is 5.32 Å². The quantitative estimate of drug-likeness (QED) is 0.600. The van der Waals surface area contributed by atoms with E-state index in [1.54, 1.807) is 23.7 Å². The molecule has 2 aromatic carbocycles. The third-order valence-electron chi connectivity index (χ3n) is 3.92. The second-order valence-electron chi connectivity index (χ2n) is 5.60. The highest BCUT2D eigenvalue weighted by Crippen LogP contribution is 2.23. The van der Waals surface area contributed by atoms with E-state index in [9.17, 15) is 4.79 Å². The van der Waals surface area contributed by atoms with Crippen molar-refractivity contribution in [2.45, 2.75) is 6.54 Å². The molecular weight excluding hydrogens is 330 g/mol. The van der Waals surface area contributed by atoms with E-state index in [1.807, 2.05) is 60.0 Å². The molecule has 1 N–H and O–H groups in total. The van der Waals surface area contributed by atoms with E-state index in [2.05, 4.69) is 15.3 Å². The number of nitrogens with zero attached hydrogens (tertiary/aromatic N) is 2. The number of nitrogens with one attached hydrogen (secondary N) is 1. The molecule has 2 heterocycles. The highest BCUT2D eigenvalue weighted by Gasteiger charge is 2.11. The molecule has 1 amide bonds. The second kappa shape index (κ2) is 6.83. The zero-order valence-electron chi connectivity index (χ0n) is 13.3. The van der Waals surface area contributed by atoms with Gasteiger partial charge in [0.25, 0.3) is 5.91 Å². The number of fused-ring (bicyclic) bond motifs is 1. The van der Waals surface area contributed by atoms with Gasteiger partial charge in [0.05, 0.1) is 12.2 Å². The molecule has 4 rings (SSSR count). The largest absolute Gasteiger partial charge is 0.346 e. The normalized spacial score (nSPS) is 10.7. The van der Waals surface area contributed by atoms with Crippen LogP contribution in [0.15, 0.2) is 72.4 Å². The molecule has 0 bridgehead atoms. The van der Waals surface area contributed by atoms with Crippen molar-refractivity contribution in [2.75, 3.05) is 0 Å². The minimum atomic E-state index is -0.0901. The fourth-order valence-electron chi connectivity index (χ4n) is 2.70. The van der Waals surface area contributed by atoms with Crippen molar-refractivity contribution in [1.82, 2.24) is 15.3 Å². The summed E-state index contributed by atoms with van der Waals surface area (Å²) in [5, 5.41) is 7.84. The fourth-order valence-corrected chi connectivity index (χ4v) is 3.51. The molecule has 5 heteroatoms. The van der Waals surface area contributed by atoms with Crippen LogP contribution in [-0.2, 0) is 6.54 Å². The summed E-state index contributed by atoms with van der Waals surface area (Å²) in [4.78, 5) is 21.2. The number of rotatable bonds is 4. The van der Waals surface area contributed by atoms with Gasteiger partial charge < -0.3 is 5.32 Å². The molecule has 0 aliphatic rings. The Hall–Kier alpha value is -3.05. The first-order valence-electron chi connectivity index (χ1n) is 7.92. The maximum Gasteiger partial charge on any atom is 0.252 e.